The molecule has 0 aliphatic rings. The second kappa shape index (κ2) is 52.2. The van der Waals surface area contributed by atoms with E-state index in [1.54, 1.807) is 0 Å². The Balaban J connectivity index is 4.57. The summed E-state index contributed by atoms with van der Waals surface area (Å²) in [7, 11) is 0. The van der Waals surface area contributed by atoms with Crippen LogP contribution in [-0.2, 0) is 28.6 Å². The molecule has 0 spiro atoms. The molecule has 0 N–H and O–H groups in total. The van der Waals surface area contributed by atoms with Gasteiger partial charge in [-0.25, -0.2) is 0 Å². The largest absolute Gasteiger partial charge is 0.462 e. The first kappa shape index (κ1) is 60.5. The molecule has 0 saturated heterocycles. The van der Waals surface area contributed by atoms with Gasteiger partial charge in [0.25, 0.3) is 0 Å². The van der Waals surface area contributed by atoms with Crippen molar-refractivity contribution in [3.05, 3.63) is 134 Å². The SMILES string of the molecule is CC/C=C\C/C=C\C/C=C\C/C=C\C/C=C\CCCCCC(=O)OCC(COC(=O)CC/C=C\C/C=C\C/C=C\C/C=C\CC)OC(=O)CCCCCCC/C=C\C/C=C\CCCCC. The maximum Gasteiger partial charge on any atom is 0.306 e. The Labute approximate surface area is 398 Å². The third-order valence-corrected chi connectivity index (χ3v) is 10.1. The van der Waals surface area contributed by atoms with E-state index >= 15 is 0 Å². The van der Waals surface area contributed by atoms with Gasteiger partial charge in [0, 0.05) is 19.3 Å². The molecule has 0 bridgehead atoms. The molecule has 0 aliphatic heterocycles. The Hall–Kier alpha value is -4.45. The molecular weight excluding hydrogens is 805 g/mol. The molecule has 6 nitrogen and oxygen atoms in total. The minimum atomic E-state index is -0.832. The molecule has 0 radical (unpaired) electrons. The Kier molecular flexibility index (Phi) is 48.6. The third-order valence-electron chi connectivity index (χ3n) is 10.1. The molecule has 0 fully saturated rings. The third kappa shape index (κ3) is 50.4. The summed E-state index contributed by atoms with van der Waals surface area (Å²) >= 11 is 0. The summed E-state index contributed by atoms with van der Waals surface area (Å²) in [6.07, 6.45) is 73.0. The van der Waals surface area contributed by atoms with E-state index in [1.807, 2.05) is 12.2 Å². The number of carbonyl (C=O) groups is 3. The highest BCUT2D eigenvalue weighted by molar-refractivity contribution is 5.71. The summed E-state index contributed by atoms with van der Waals surface area (Å²) in [6.45, 7) is 6.25. The number of rotatable bonds is 44. The number of ether oxygens (including phenoxy) is 3. The minimum Gasteiger partial charge on any atom is -0.462 e. The Morgan fingerprint density at radius 1 is 0.323 bits per heavy atom. The van der Waals surface area contributed by atoms with E-state index in [0.717, 1.165) is 128 Å². The summed E-state index contributed by atoms with van der Waals surface area (Å²) in [5.41, 5.74) is 0. The van der Waals surface area contributed by atoms with E-state index in [1.165, 1.54) is 25.7 Å². The lowest BCUT2D eigenvalue weighted by Gasteiger charge is -2.18. The zero-order valence-corrected chi connectivity index (χ0v) is 41.4. The average Bonchev–Trinajstić information content (AvgIpc) is 3.30. The van der Waals surface area contributed by atoms with Gasteiger partial charge < -0.3 is 14.2 Å². The topological polar surface area (TPSA) is 78.9 Å². The zero-order valence-electron chi connectivity index (χ0n) is 41.4. The highest BCUT2D eigenvalue weighted by Crippen LogP contribution is 2.11. The van der Waals surface area contributed by atoms with Crippen LogP contribution in [0.3, 0.4) is 0 Å². The Bertz CT molecular complexity index is 1450. The molecular formula is C59H92O6. The van der Waals surface area contributed by atoms with Gasteiger partial charge in [0.05, 0.1) is 0 Å². The van der Waals surface area contributed by atoms with Crippen LogP contribution in [-0.4, -0.2) is 37.2 Å². The Morgan fingerprint density at radius 3 is 1.05 bits per heavy atom. The highest BCUT2D eigenvalue weighted by atomic mass is 16.6. The van der Waals surface area contributed by atoms with Gasteiger partial charge in [-0.2, -0.15) is 0 Å². The van der Waals surface area contributed by atoms with E-state index in [-0.39, 0.29) is 44.0 Å². The monoisotopic (exact) mass is 897 g/mol. The lowest BCUT2D eigenvalue weighted by Crippen LogP contribution is -2.30. The van der Waals surface area contributed by atoms with Crippen LogP contribution in [0.4, 0.5) is 0 Å². The molecule has 0 aromatic rings. The van der Waals surface area contributed by atoms with Crippen LogP contribution in [0.1, 0.15) is 201 Å². The van der Waals surface area contributed by atoms with E-state index in [2.05, 4.69) is 142 Å². The van der Waals surface area contributed by atoms with Crippen molar-refractivity contribution >= 4 is 17.9 Å². The van der Waals surface area contributed by atoms with Crippen LogP contribution < -0.4 is 0 Å². The standard InChI is InChI=1S/C59H92O6/c1-4-7-10-13-16-19-22-25-27-28-29-30-32-34-37-40-43-46-49-52-58(61)64-55-56(54-63-57(60)51-48-45-42-39-36-33-24-21-18-15-12-9-6-3)65-59(62)53-50-47-44-41-38-35-31-26-23-20-17-14-11-8-5-2/h7,9-10,12,16-21,25-27,29-31,33-34,36-37,42,45,56H,4-6,8,11,13-15,22-24,28,32,35,38-41,43-44,46-55H2,1-3H3/b10-7-,12-9-,19-16-,20-17-,21-18-,27-25-,30-29-,31-26-,36-33-,37-34-,45-42-. The van der Waals surface area contributed by atoms with E-state index in [0.29, 0.717) is 12.8 Å². The molecule has 0 aromatic heterocycles. The first-order valence-corrected chi connectivity index (χ1v) is 25.7. The molecule has 0 aliphatic carbocycles. The molecule has 65 heavy (non-hydrogen) atoms. The predicted octanol–water partition coefficient (Wildman–Crippen LogP) is 17.1. The smallest absolute Gasteiger partial charge is 0.306 e. The lowest BCUT2D eigenvalue weighted by atomic mass is 10.1. The number of unbranched alkanes of at least 4 members (excludes halogenated alkanes) is 11. The summed E-state index contributed by atoms with van der Waals surface area (Å²) in [6, 6.07) is 0. The minimum absolute atomic E-state index is 0.128. The molecule has 0 aromatic carbocycles. The van der Waals surface area contributed by atoms with Gasteiger partial charge in [-0.05, 0) is 122 Å². The predicted molar refractivity (Wildman–Crippen MR) is 279 cm³/mol. The Morgan fingerprint density at radius 2 is 0.631 bits per heavy atom. The first-order chi connectivity index (χ1) is 32.0. The summed E-state index contributed by atoms with van der Waals surface area (Å²) in [4.78, 5) is 37.9. The van der Waals surface area contributed by atoms with Crippen molar-refractivity contribution in [2.75, 3.05) is 13.2 Å². The molecule has 6 heteroatoms. The van der Waals surface area contributed by atoms with Crippen molar-refractivity contribution in [3.8, 4) is 0 Å². The van der Waals surface area contributed by atoms with E-state index in [4.69, 9.17) is 14.2 Å². The van der Waals surface area contributed by atoms with Gasteiger partial charge in [-0.1, -0.05) is 193 Å². The van der Waals surface area contributed by atoms with Crippen LogP contribution >= 0.6 is 0 Å². The lowest BCUT2D eigenvalue weighted by molar-refractivity contribution is -0.166. The first-order valence-electron chi connectivity index (χ1n) is 25.7. The number of hydrogen-bond donors (Lipinski definition) is 0. The fraction of sp³-hybridized carbons (Fsp3) is 0.576. The summed E-state index contributed by atoms with van der Waals surface area (Å²) in [5, 5.41) is 0. The second-order valence-electron chi connectivity index (χ2n) is 16.3. The number of esters is 3. The average molecular weight is 897 g/mol. The van der Waals surface area contributed by atoms with E-state index in [9.17, 15) is 14.4 Å². The maximum atomic E-state index is 12.8. The molecule has 1 unspecified atom stereocenters. The van der Waals surface area contributed by atoms with Crippen LogP contribution in [0.2, 0.25) is 0 Å². The van der Waals surface area contributed by atoms with Crippen LogP contribution in [0.25, 0.3) is 0 Å². The maximum absolute atomic E-state index is 12.8. The normalized spacial score (nSPS) is 13.2. The van der Waals surface area contributed by atoms with Crippen molar-refractivity contribution < 1.29 is 28.6 Å². The number of hydrogen-bond acceptors (Lipinski definition) is 6. The number of carbonyl (C=O) groups excluding carboxylic acids is 3. The van der Waals surface area contributed by atoms with Gasteiger partial charge >= 0.3 is 17.9 Å². The van der Waals surface area contributed by atoms with Crippen LogP contribution in [0.15, 0.2) is 134 Å². The van der Waals surface area contributed by atoms with Gasteiger partial charge in [0.1, 0.15) is 13.2 Å². The molecule has 1 atom stereocenters. The van der Waals surface area contributed by atoms with E-state index < -0.39 is 6.10 Å². The fourth-order valence-electron chi connectivity index (χ4n) is 6.33. The summed E-state index contributed by atoms with van der Waals surface area (Å²) < 4.78 is 16.7. The van der Waals surface area contributed by atoms with Gasteiger partial charge in [-0.3, -0.25) is 14.4 Å². The quantitative estimate of drug-likeness (QED) is 0.0262. The molecule has 0 rings (SSSR count). The molecule has 0 amide bonds. The fourth-order valence-corrected chi connectivity index (χ4v) is 6.33. The highest BCUT2D eigenvalue weighted by Gasteiger charge is 2.19. The van der Waals surface area contributed by atoms with Crippen molar-refractivity contribution in [1.82, 2.24) is 0 Å². The van der Waals surface area contributed by atoms with Crippen molar-refractivity contribution in [2.24, 2.45) is 0 Å². The van der Waals surface area contributed by atoms with Gasteiger partial charge in [0.15, 0.2) is 6.10 Å². The van der Waals surface area contributed by atoms with Crippen LogP contribution in [0, 0.1) is 0 Å². The number of allylic oxidation sites excluding steroid dienone is 22. The summed E-state index contributed by atoms with van der Waals surface area (Å²) in [5.74, 6) is -1.07. The van der Waals surface area contributed by atoms with Crippen molar-refractivity contribution in [2.45, 2.75) is 207 Å². The van der Waals surface area contributed by atoms with Gasteiger partial charge in [-0.15, -0.1) is 0 Å². The second-order valence-corrected chi connectivity index (χ2v) is 16.3. The molecule has 0 heterocycles. The van der Waals surface area contributed by atoms with Gasteiger partial charge in [0.2, 0.25) is 0 Å². The van der Waals surface area contributed by atoms with Crippen LogP contribution in [0.5, 0.6) is 0 Å². The van der Waals surface area contributed by atoms with Crippen molar-refractivity contribution in [1.29, 1.82) is 0 Å². The van der Waals surface area contributed by atoms with Crippen molar-refractivity contribution in [3.63, 3.8) is 0 Å². The zero-order chi connectivity index (χ0) is 47.2. The molecule has 0 saturated carbocycles. The molecule has 364 valence electrons.